The second kappa shape index (κ2) is 6.01. The fourth-order valence-corrected chi connectivity index (χ4v) is 4.71. The molecule has 1 aliphatic heterocycles. The predicted molar refractivity (Wildman–Crippen MR) is 85.4 cm³/mol. The van der Waals surface area contributed by atoms with Crippen LogP contribution in [0.25, 0.3) is 0 Å². The third-order valence-corrected chi connectivity index (χ3v) is 6.23. The largest absolute Gasteiger partial charge is 0.274 e. The molecule has 7 nitrogen and oxygen atoms in total. The second-order valence-corrected chi connectivity index (χ2v) is 7.92. The van der Waals surface area contributed by atoms with E-state index in [4.69, 9.17) is 0 Å². The van der Waals surface area contributed by atoms with Crippen molar-refractivity contribution in [1.29, 1.82) is 0 Å². The van der Waals surface area contributed by atoms with Gasteiger partial charge in [-0.1, -0.05) is 0 Å². The molecular weight excluding hydrogens is 314 g/mol. The van der Waals surface area contributed by atoms with Gasteiger partial charge in [-0.15, -0.1) is 0 Å². The van der Waals surface area contributed by atoms with Gasteiger partial charge in [-0.2, -0.15) is 9.40 Å². The Morgan fingerprint density at radius 3 is 2.43 bits per heavy atom. The molecule has 2 aromatic heterocycles. The minimum Gasteiger partial charge on any atom is -0.274 e. The number of piperidine rings is 1. The van der Waals surface area contributed by atoms with Crippen LogP contribution in [0.1, 0.15) is 35.8 Å². The normalized spacial score (nSPS) is 17.5. The van der Waals surface area contributed by atoms with Crippen LogP contribution < -0.4 is 0 Å². The van der Waals surface area contributed by atoms with Gasteiger partial charge in [0.15, 0.2) is 0 Å². The zero-order valence-electron chi connectivity index (χ0n) is 13.6. The number of rotatable bonds is 3. The Kier molecular flexibility index (Phi) is 4.20. The second-order valence-electron chi connectivity index (χ2n) is 6.02. The van der Waals surface area contributed by atoms with Gasteiger partial charge < -0.3 is 0 Å². The standard InChI is InChI=1S/C15H21N5O2S/c1-11-8-16-9-14(17-11)13-4-6-20(7-5-13)23(21,22)15-10-19(3)18-12(15)2/h8-10,13H,4-7H2,1-3H3. The van der Waals surface area contributed by atoms with Crippen molar-refractivity contribution in [3.05, 3.63) is 35.7 Å². The fourth-order valence-electron chi connectivity index (χ4n) is 3.04. The SMILES string of the molecule is Cc1cncc(C2CCN(S(=O)(=O)c3cn(C)nc3C)CC2)n1. The molecule has 8 heteroatoms. The quantitative estimate of drug-likeness (QED) is 0.847. The summed E-state index contributed by atoms with van der Waals surface area (Å²) < 4.78 is 28.6. The first-order valence-corrected chi connectivity index (χ1v) is 9.11. The molecule has 0 aliphatic carbocycles. The summed E-state index contributed by atoms with van der Waals surface area (Å²) in [6, 6.07) is 0. The van der Waals surface area contributed by atoms with Crippen molar-refractivity contribution in [3.8, 4) is 0 Å². The summed E-state index contributed by atoms with van der Waals surface area (Å²) in [6.45, 7) is 4.64. The van der Waals surface area contributed by atoms with Gasteiger partial charge in [-0.3, -0.25) is 14.6 Å². The van der Waals surface area contributed by atoms with E-state index >= 15 is 0 Å². The number of aromatic nitrogens is 4. The molecule has 0 N–H and O–H groups in total. The van der Waals surface area contributed by atoms with Crippen molar-refractivity contribution in [3.63, 3.8) is 0 Å². The summed E-state index contributed by atoms with van der Waals surface area (Å²) in [5.74, 6) is 0.267. The van der Waals surface area contributed by atoms with Crippen LogP contribution in [-0.2, 0) is 17.1 Å². The first kappa shape index (κ1) is 16.1. The van der Waals surface area contributed by atoms with E-state index in [0.29, 0.717) is 23.7 Å². The molecule has 1 fully saturated rings. The van der Waals surface area contributed by atoms with Gasteiger partial charge >= 0.3 is 0 Å². The molecule has 2 aromatic rings. The van der Waals surface area contributed by atoms with Gasteiger partial charge in [0.2, 0.25) is 10.0 Å². The maximum atomic E-state index is 12.8. The summed E-state index contributed by atoms with van der Waals surface area (Å²) in [5.41, 5.74) is 2.39. The number of hydrogen-bond donors (Lipinski definition) is 0. The van der Waals surface area contributed by atoms with E-state index in [2.05, 4.69) is 15.1 Å². The van der Waals surface area contributed by atoms with Crippen molar-refractivity contribution >= 4 is 10.0 Å². The highest BCUT2D eigenvalue weighted by Gasteiger charge is 2.32. The molecule has 1 aliphatic rings. The Bertz CT molecular complexity index is 807. The zero-order valence-corrected chi connectivity index (χ0v) is 14.4. The Labute approximate surface area is 136 Å². The molecule has 0 saturated carbocycles. The molecule has 23 heavy (non-hydrogen) atoms. The van der Waals surface area contributed by atoms with E-state index in [-0.39, 0.29) is 5.92 Å². The lowest BCUT2D eigenvalue weighted by molar-refractivity contribution is 0.316. The summed E-state index contributed by atoms with van der Waals surface area (Å²) in [4.78, 5) is 9.00. The van der Waals surface area contributed by atoms with Crippen molar-refractivity contribution in [2.75, 3.05) is 13.1 Å². The van der Waals surface area contributed by atoms with E-state index in [0.717, 1.165) is 24.2 Å². The summed E-state index contributed by atoms with van der Waals surface area (Å²) >= 11 is 0. The lowest BCUT2D eigenvalue weighted by Crippen LogP contribution is -2.38. The van der Waals surface area contributed by atoms with Gasteiger partial charge in [-0.05, 0) is 26.7 Å². The van der Waals surface area contributed by atoms with Crippen LogP contribution >= 0.6 is 0 Å². The molecule has 3 rings (SSSR count). The molecule has 0 amide bonds. The van der Waals surface area contributed by atoms with E-state index in [1.807, 2.05) is 6.92 Å². The van der Waals surface area contributed by atoms with Crippen LogP contribution in [-0.4, -0.2) is 45.6 Å². The molecular formula is C15H21N5O2S. The maximum absolute atomic E-state index is 12.8. The first-order valence-electron chi connectivity index (χ1n) is 7.67. The Morgan fingerprint density at radius 1 is 1.17 bits per heavy atom. The molecule has 0 aromatic carbocycles. The van der Waals surface area contributed by atoms with Crippen LogP contribution in [0.2, 0.25) is 0 Å². The summed E-state index contributed by atoms with van der Waals surface area (Å²) in [5, 5.41) is 4.14. The predicted octanol–water partition coefficient (Wildman–Crippen LogP) is 1.40. The molecule has 0 spiro atoms. The highest BCUT2D eigenvalue weighted by Crippen LogP contribution is 2.30. The van der Waals surface area contributed by atoms with E-state index in [1.165, 1.54) is 4.68 Å². The minimum atomic E-state index is -3.47. The van der Waals surface area contributed by atoms with E-state index < -0.39 is 10.0 Å². The lowest BCUT2D eigenvalue weighted by Gasteiger charge is -2.30. The average Bonchev–Trinajstić information content (AvgIpc) is 2.87. The van der Waals surface area contributed by atoms with Crippen LogP contribution in [0.5, 0.6) is 0 Å². The molecule has 0 atom stereocenters. The highest BCUT2D eigenvalue weighted by atomic mass is 32.2. The summed E-state index contributed by atoms with van der Waals surface area (Å²) in [6.07, 6.45) is 6.61. The highest BCUT2D eigenvalue weighted by molar-refractivity contribution is 7.89. The Balaban J connectivity index is 1.75. The lowest BCUT2D eigenvalue weighted by atomic mass is 9.95. The Hall–Kier alpha value is -1.80. The minimum absolute atomic E-state index is 0.267. The van der Waals surface area contributed by atoms with Crippen LogP contribution in [0.4, 0.5) is 0 Å². The van der Waals surface area contributed by atoms with Crippen molar-refractivity contribution in [2.24, 2.45) is 7.05 Å². The van der Waals surface area contributed by atoms with Gasteiger partial charge in [0.05, 0.1) is 17.1 Å². The van der Waals surface area contributed by atoms with Gasteiger partial charge in [0, 0.05) is 44.6 Å². The topological polar surface area (TPSA) is 81.0 Å². The van der Waals surface area contributed by atoms with Crippen LogP contribution in [0.15, 0.2) is 23.5 Å². The van der Waals surface area contributed by atoms with Crippen molar-refractivity contribution in [2.45, 2.75) is 37.5 Å². The third-order valence-electron chi connectivity index (χ3n) is 4.23. The Morgan fingerprint density at radius 2 is 1.87 bits per heavy atom. The zero-order chi connectivity index (χ0) is 16.6. The molecule has 0 bridgehead atoms. The first-order chi connectivity index (χ1) is 10.9. The molecule has 1 saturated heterocycles. The van der Waals surface area contributed by atoms with E-state index in [1.54, 1.807) is 36.9 Å². The molecule has 0 unspecified atom stereocenters. The number of hydrogen-bond acceptors (Lipinski definition) is 5. The monoisotopic (exact) mass is 335 g/mol. The van der Waals surface area contributed by atoms with Gasteiger partial charge in [-0.25, -0.2) is 8.42 Å². The van der Waals surface area contributed by atoms with Crippen molar-refractivity contribution < 1.29 is 8.42 Å². The fraction of sp³-hybridized carbons (Fsp3) is 0.533. The molecule has 124 valence electrons. The molecule has 0 radical (unpaired) electrons. The smallest absolute Gasteiger partial charge is 0.246 e. The maximum Gasteiger partial charge on any atom is 0.246 e. The van der Waals surface area contributed by atoms with E-state index in [9.17, 15) is 8.42 Å². The third kappa shape index (κ3) is 3.13. The average molecular weight is 335 g/mol. The van der Waals surface area contributed by atoms with Crippen molar-refractivity contribution in [1.82, 2.24) is 24.1 Å². The molecule has 3 heterocycles. The number of sulfonamides is 1. The summed E-state index contributed by atoms with van der Waals surface area (Å²) in [7, 11) is -1.74. The van der Waals surface area contributed by atoms with Gasteiger partial charge in [0.25, 0.3) is 0 Å². The number of aryl methyl sites for hydroxylation is 3. The number of nitrogens with zero attached hydrogens (tertiary/aromatic N) is 5. The van der Waals surface area contributed by atoms with Crippen LogP contribution in [0, 0.1) is 13.8 Å². The van der Waals surface area contributed by atoms with Gasteiger partial charge in [0.1, 0.15) is 4.90 Å². The van der Waals surface area contributed by atoms with Crippen LogP contribution in [0.3, 0.4) is 0 Å².